The van der Waals surface area contributed by atoms with E-state index in [2.05, 4.69) is 33.4 Å². The molecule has 1 N–H and O–H groups in total. The van der Waals surface area contributed by atoms with Crippen molar-refractivity contribution < 1.29 is 0 Å². The lowest BCUT2D eigenvalue weighted by Gasteiger charge is -2.31. The first-order valence-electron chi connectivity index (χ1n) is 8.00. The highest BCUT2D eigenvalue weighted by Crippen LogP contribution is 2.23. The summed E-state index contributed by atoms with van der Waals surface area (Å²) in [5.74, 6) is 0.721. The van der Waals surface area contributed by atoms with Crippen LogP contribution in [-0.2, 0) is 20.0 Å². The Morgan fingerprint density at radius 1 is 1.29 bits per heavy atom. The van der Waals surface area contributed by atoms with Gasteiger partial charge >= 0.3 is 0 Å². The summed E-state index contributed by atoms with van der Waals surface area (Å²) >= 11 is 5.54. The summed E-state index contributed by atoms with van der Waals surface area (Å²) in [7, 11) is 2.01. The average molecular weight is 307 g/mol. The topological polar surface area (TPSA) is 41.8 Å². The van der Waals surface area contributed by atoms with E-state index >= 15 is 0 Å². The number of fused-ring (bicyclic) bond motifs is 1. The molecule has 1 aliphatic rings. The van der Waals surface area contributed by atoms with Crippen LogP contribution in [0.15, 0.2) is 0 Å². The molecule has 0 aromatic carbocycles. The molecule has 6 heteroatoms. The molecule has 3 heterocycles. The second-order valence-electron chi connectivity index (χ2n) is 6.04. The number of imidazole rings is 1. The molecule has 0 aliphatic carbocycles. The molecule has 0 spiro atoms. The highest BCUT2D eigenvalue weighted by atomic mass is 32.1. The third-order valence-corrected chi connectivity index (χ3v) is 5.07. The van der Waals surface area contributed by atoms with Gasteiger partial charge in [0.25, 0.3) is 0 Å². The number of aryl methyl sites for hydroxylation is 2. The van der Waals surface area contributed by atoms with Gasteiger partial charge in [-0.05, 0) is 57.0 Å². The van der Waals surface area contributed by atoms with E-state index in [1.807, 2.05) is 11.7 Å². The minimum atomic E-state index is 0.721. The van der Waals surface area contributed by atoms with Gasteiger partial charge in [0, 0.05) is 13.6 Å². The molecule has 0 amide bonds. The molecule has 3 rings (SSSR count). The van der Waals surface area contributed by atoms with E-state index < -0.39 is 0 Å². The first-order valence-corrected chi connectivity index (χ1v) is 8.41. The summed E-state index contributed by atoms with van der Waals surface area (Å²) in [6.45, 7) is 8.99. The highest BCUT2D eigenvalue weighted by Gasteiger charge is 2.21. The summed E-state index contributed by atoms with van der Waals surface area (Å²) in [4.78, 5) is 5.89. The lowest BCUT2D eigenvalue weighted by molar-refractivity contribution is 0.181. The van der Waals surface area contributed by atoms with Crippen molar-refractivity contribution >= 4 is 23.4 Å². The van der Waals surface area contributed by atoms with Gasteiger partial charge in [0.05, 0.1) is 5.69 Å². The van der Waals surface area contributed by atoms with Crippen LogP contribution in [0.1, 0.15) is 32.4 Å². The molecule has 1 saturated heterocycles. The summed E-state index contributed by atoms with van der Waals surface area (Å²) in [5.41, 5.74) is 3.38. The molecule has 0 radical (unpaired) electrons. The Balaban J connectivity index is 1.86. The van der Waals surface area contributed by atoms with Gasteiger partial charge in [0.15, 0.2) is 10.4 Å². The average Bonchev–Trinajstić information content (AvgIpc) is 2.98. The van der Waals surface area contributed by atoms with Gasteiger partial charge in [0.1, 0.15) is 5.52 Å². The Labute approximate surface area is 130 Å². The van der Waals surface area contributed by atoms with Gasteiger partial charge in [-0.3, -0.25) is 4.68 Å². The molecule has 5 nitrogen and oxygen atoms in total. The fraction of sp³-hybridized carbons (Fsp3) is 0.733. The predicted octanol–water partition coefficient (Wildman–Crippen LogP) is 2.73. The van der Waals surface area contributed by atoms with E-state index in [4.69, 9.17) is 12.2 Å². The number of nitrogens with zero attached hydrogens (tertiary/aromatic N) is 4. The summed E-state index contributed by atoms with van der Waals surface area (Å²) in [6, 6.07) is 0. The van der Waals surface area contributed by atoms with Crippen molar-refractivity contribution in [1.29, 1.82) is 0 Å². The molecule has 0 saturated carbocycles. The van der Waals surface area contributed by atoms with E-state index in [-0.39, 0.29) is 0 Å². The first kappa shape index (κ1) is 14.8. The number of likely N-dealkylation sites (tertiary alicyclic amines) is 1. The number of rotatable bonds is 4. The zero-order chi connectivity index (χ0) is 15.0. The predicted molar refractivity (Wildman–Crippen MR) is 88.1 cm³/mol. The third kappa shape index (κ3) is 2.66. The van der Waals surface area contributed by atoms with Crippen molar-refractivity contribution in [3.8, 4) is 0 Å². The lowest BCUT2D eigenvalue weighted by atomic mass is 9.97. The van der Waals surface area contributed by atoms with Crippen LogP contribution in [0, 0.1) is 10.7 Å². The van der Waals surface area contributed by atoms with Gasteiger partial charge in [-0.25, -0.2) is 0 Å². The number of H-pyrrole nitrogens is 1. The maximum Gasteiger partial charge on any atom is 0.179 e. The van der Waals surface area contributed by atoms with Gasteiger partial charge in [-0.1, -0.05) is 13.8 Å². The molecule has 2 aromatic rings. The van der Waals surface area contributed by atoms with Crippen LogP contribution in [0.4, 0.5) is 0 Å². The minimum Gasteiger partial charge on any atom is -0.328 e. The van der Waals surface area contributed by atoms with E-state index in [0.29, 0.717) is 0 Å². The second-order valence-corrected chi connectivity index (χ2v) is 6.43. The number of hydrogen-bond acceptors (Lipinski definition) is 3. The summed E-state index contributed by atoms with van der Waals surface area (Å²) < 4.78 is 5.07. The Morgan fingerprint density at radius 2 is 2.00 bits per heavy atom. The molecule has 2 aromatic heterocycles. The Kier molecular flexibility index (Phi) is 4.17. The minimum absolute atomic E-state index is 0.721. The lowest BCUT2D eigenvalue weighted by Crippen LogP contribution is -2.34. The molecule has 1 aliphatic heterocycles. The van der Waals surface area contributed by atoms with E-state index in [9.17, 15) is 0 Å². The van der Waals surface area contributed by atoms with Gasteiger partial charge in [0.2, 0.25) is 0 Å². The summed E-state index contributed by atoms with van der Waals surface area (Å²) in [5, 5.41) is 4.60. The van der Waals surface area contributed by atoms with Gasteiger partial charge < -0.3 is 14.5 Å². The standard InChI is InChI=1S/C15H25N5S/c1-4-12-13-14(18(3)17-12)20(15(21)16-13)10-11-6-8-19(5-2)9-7-11/h11H,4-10H2,1-3H3,(H,16,21). The van der Waals surface area contributed by atoms with Crippen molar-refractivity contribution in [2.75, 3.05) is 19.6 Å². The third-order valence-electron chi connectivity index (χ3n) is 4.75. The van der Waals surface area contributed by atoms with Crippen LogP contribution in [0.25, 0.3) is 11.2 Å². The second kappa shape index (κ2) is 5.93. The first-order chi connectivity index (χ1) is 10.1. The van der Waals surface area contributed by atoms with Crippen molar-refractivity contribution in [2.24, 2.45) is 13.0 Å². The van der Waals surface area contributed by atoms with Crippen LogP contribution in [0.5, 0.6) is 0 Å². The number of aromatic amines is 1. The molecule has 0 bridgehead atoms. The Morgan fingerprint density at radius 3 is 2.62 bits per heavy atom. The van der Waals surface area contributed by atoms with E-state index in [1.54, 1.807) is 0 Å². The molecule has 21 heavy (non-hydrogen) atoms. The highest BCUT2D eigenvalue weighted by molar-refractivity contribution is 7.71. The quantitative estimate of drug-likeness (QED) is 0.883. The fourth-order valence-electron chi connectivity index (χ4n) is 3.44. The SMILES string of the molecule is CCc1nn(C)c2c1[nH]c(=S)n2CC1CCN(CC)CC1. The fourth-order valence-corrected chi connectivity index (χ4v) is 3.70. The van der Waals surface area contributed by atoms with Crippen molar-refractivity contribution in [1.82, 2.24) is 24.2 Å². The Bertz CT molecular complexity index is 672. The zero-order valence-corrected chi connectivity index (χ0v) is 14.0. The molecule has 0 atom stereocenters. The van der Waals surface area contributed by atoms with Crippen LogP contribution in [0.3, 0.4) is 0 Å². The maximum atomic E-state index is 5.54. The number of piperidine rings is 1. The van der Waals surface area contributed by atoms with Crippen molar-refractivity contribution in [3.63, 3.8) is 0 Å². The van der Waals surface area contributed by atoms with Crippen LogP contribution >= 0.6 is 12.2 Å². The number of nitrogens with one attached hydrogen (secondary N) is 1. The van der Waals surface area contributed by atoms with Crippen LogP contribution in [-0.4, -0.2) is 43.9 Å². The van der Waals surface area contributed by atoms with E-state index in [1.165, 1.54) is 32.5 Å². The normalized spacial score (nSPS) is 17.9. The number of aromatic nitrogens is 4. The molecule has 116 valence electrons. The summed E-state index contributed by atoms with van der Waals surface area (Å²) in [6.07, 6.45) is 3.46. The molecular weight excluding hydrogens is 282 g/mol. The van der Waals surface area contributed by atoms with Crippen molar-refractivity contribution in [3.05, 3.63) is 10.5 Å². The molecule has 1 fully saturated rings. The van der Waals surface area contributed by atoms with Crippen molar-refractivity contribution in [2.45, 2.75) is 39.7 Å². The molecule has 0 unspecified atom stereocenters. The smallest absolute Gasteiger partial charge is 0.179 e. The van der Waals surface area contributed by atoms with Crippen LogP contribution in [0.2, 0.25) is 0 Å². The largest absolute Gasteiger partial charge is 0.328 e. The van der Waals surface area contributed by atoms with E-state index in [0.717, 1.165) is 40.5 Å². The van der Waals surface area contributed by atoms with Gasteiger partial charge in [-0.15, -0.1) is 0 Å². The van der Waals surface area contributed by atoms with Crippen LogP contribution < -0.4 is 0 Å². The monoisotopic (exact) mass is 307 g/mol. The van der Waals surface area contributed by atoms with Gasteiger partial charge in [-0.2, -0.15) is 5.10 Å². The Hall–Kier alpha value is -1.14. The number of hydrogen-bond donors (Lipinski definition) is 1. The zero-order valence-electron chi connectivity index (χ0n) is 13.2. The maximum absolute atomic E-state index is 5.54. The molecular formula is C15H25N5S.